The number of ether oxygens (including phenoxy) is 1. The highest BCUT2D eigenvalue weighted by Gasteiger charge is 2.28. The third-order valence-corrected chi connectivity index (χ3v) is 4.93. The Labute approximate surface area is 141 Å². The lowest BCUT2D eigenvalue weighted by Crippen LogP contribution is -2.46. The Morgan fingerprint density at radius 3 is 3.08 bits per heavy atom. The Bertz CT molecular complexity index is 675. The number of hydrogen-bond acceptors (Lipinski definition) is 4. The van der Waals surface area contributed by atoms with E-state index in [1.165, 1.54) is 0 Å². The molecule has 3 heterocycles. The Kier molecular flexibility index (Phi) is 4.38. The van der Waals surface area contributed by atoms with Gasteiger partial charge in [-0.15, -0.1) is 0 Å². The summed E-state index contributed by atoms with van der Waals surface area (Å²) in [6, 6.07) is 7.82. The molecule has 1 aromatic heterocycles. The molecule has 0 saturated carbocycles. The zero-order chi connectivity index (χ0) is 16.4. The number of benzene rings is 1. The van der Waals surface area contributed by atoms with Crippen LogP contribution in [0.25, 0.3) is 11.1 Å². The number of amides is 2. The molecule has 2 amide bonds. The Balaban J connectivity index is 1.38. The number of likely N-dealkylation sites (tertiary alicyclic amines) is 1. The SMILES string of the molecule is O=C(NC[C@H]1CCOC1)N1CCC[C@H](c2nc3ccccc3o2)C1. The fraction of sp³-hybridized carbons (Fsp3) is 0.556. The van der Waals surface area contributed by atoms with Gasteiger partial charge in [0.2, 0.25) is 0 Å². The van der Waals surface area contributed by atoms with E-state index >= 15 is 0 Å². The number of fused-ring (bicyclic) bond motifs is 1. The molecule has 24 heavy (non-hydrogen) atoms. The number of aromatic nitrogens is 1. The molecule has 4 rings (SSSR count). The van der Waals surface area contributed by atoms with Gasteiger partial charge in [0.1, 0.15) is 5.52 Å². The van der Waals surface area contributed by atoms with E-state index in [9.17, 15) is 4.79 Å². The second-order valence-corrected chi connectivity index (χ2v) is 6.72. The summed E-state index contributed by atoms with van der Waals surface area (Å²) in [6.45, 7) is 3.72. The summed E-state index contributed by atoms with van der Waals surface area (Å²) in [5.41, 5.74) is 1.70. The lowest BCUT2D eigenvalue weighted by atomic mass is 9.98. The second kappa shape index (κ2) is 6.81. The first-order valence-electron chi connectivity index (χ1n) is 8.75. The van der Waals surface area contributed by atoms with Gasteiger partial charge in [-0.25, -0.2) is 9.78 Å². The van der Waals surface area contributed by atoms with E-state index in [-0.39, 0.29) is 11.9 Å². The fourth-order valence-electron chi connectivity index (χ4n) is 3.52. The van der Waals surface area contributed by atoms with Crippen LogP contribution in [0, 0.1) is 5.92 Å². The molecule has 0 aliphatic carbocycles. The number of carbonyl (C=O) groups excluding carboxylic acids is 1. The van der Waals surface area contributed by atoms with E-state index in [0.717, 1.165) is 56.0 Å². The lowest BCUT2D eigenvalue weighted by molar-refractivity contribution is 0.169. The molecule has 2 fully saturated rings. The highest BCUT2D eigenvalue weighted by atomic mass is 16.5. The monoisotopic (exact) mass is 329 g/mol. The van der Waals surface area contributed by atoms with Crippen LogP contribution in [0.2, 0.25) is 0 Å². The number of rotatable bonds is 3. The van der Waals surface area contributed by atoms with E-state index in [4.69, 9.17) is 9.15 Å². The van der Waals surface area contributed by atoms with E-state index in [0.29, 0.717) is 19.0 Å². The molecule has 2 aliphatic heterocycles. The van der Waals surface area contributed by atoms with Gasteiger partial charge >= 0.3 is 6.03 Å². The third-order valence-electron chi connectivity index (χ3n) is 4.93. The van der Waals surface area contributed by atoms with Crippen molar-refractivity contribution in [1.82, 2.24) is 15.2 Å². The largest absolute Gasteiger partial charge is 0.440 e. The summed E-state index contributed by atoms with van der Waals surface area (Å²) < 4.78 is 11.2. The van der Waals surface area contributed by atoms with E-state index < -0.39 is 0 Å². The van der Waals surface area contributed by atoms with Crippen LogP contribution in [0.1, 0.15) is 31.1 Å². The van der Waals surface area contributed by atoms with Gasteiger partial charge < -0.3 is 19.4 Å². The van der Waals surface area contributed by atoms with Gasteiger partial charge in [0.05, 0.1) is 12.5 Å². The highest BCUT2D eigenvalue weighted by molar-refractivity contribution is 5.74. The maximum atomic E-state index is 12.4. The van der Waals surface area contributed by atoms with Crippen molar-refractivity contribution in [3.63, 3.8) is 0 Å². The van der Waals surface area contributed by atoms with Crippen LogP contribution in [-0.2, 0) is 4.74 Å². The van der Waals surface area contributed by atoms with Crippen LogP contribution in [0.3, 0.4) is 0 Å². The van der Waals surface area contributed by atoms with Crippen LogP contribution in [0.5, 0.6) is 0 Å². The topological polar surface area (TPSA) is 67.6 Å². The van der Waals surface area contributed by atoms with Gasteiger partial charge in [0, 0.05) is 32.2 Å². The summed E-state index contributed by atoms with van der Waals surface area (Å²) in [4.78, 5) is 18.9. The van der Waals surface area contributed by atoms with Crippen molar-refractivity contribution in [1.29, 1.82) is 0 Å². The number of urea groups is 1. The van der Waals surface area contributed by atoms with Crippen LogP contribution >= 0.6 is 0 Å². The fourth-order valence-corrected chi connectivity index (χ4v) is 3.52. The minimum Gasteiger partial charge on any atom is -0.440 e. The van der Waals surface area contributed by atoms with Gasteiger partial charge in [-0.3, -0.25) is 0 Å². The second-order valence-electron chi connectivity index (χ2n) is 6.72. The molecule has 6 heteroatoms. The number of nitrogens with one attached hydrogen (secondary N) is 1. The molecule has 2 aliphatic rings. The van der Waals surface area contributed by atoms with Crippen molar-refractivity contribution >= 4 is 17.1 Å². The van der Waals surface area contributed by atoms with Crippen molar-refractivity contribution in [2.24, 2.45) is 5.92 Å². The van der Waals surface area contributed by atoms with Crippen LogP contribution in [-0.4, -0.2) is 48.8 Å². The molecule has 1 N–H and O–H groups in total. The van der Waals surface area contributed by atoms with Crippen LogP contribution in [0.15, 0.2) is 28.7 Å². The van der Waals surface area contributed by atoms with Gasteiger partial charge in [0.15, 0.2) is 11.5 Å². The van der Waals surface area contributed by atoms with Crippen molar-refractivity contribution in [2.75, 3.05) is 32.8 Å². The van der Waals surface area contributed by atoms with Crippen molar-refractivity contribution in [3.05, 3.63) is 30.2 Å². The first-order chi connectivity index (χ1) is 11.8. The highest BCUT2D eigenvalue weighted by Crippen LogP contribution is 2.29. The lowest BCUT2D eigenvalue weighted by Gasteiger charge is -2.31. The van der Waals surface area contributed by atoms with Crippen molar-refractivity contribution in [2.45, 2.75) is 25.2 Å². The van der Waals surface area contributed by atoms with Gasteiger partial charge in [-0.05, 0) is 31.4 Å². The van der Waals surface area contributed by atoms with Crippen LogP contribution < -0.4 is 5.32 Å². The number of para-hydroxylation sites is 2. The Hall–Kier alpha value is -2.08. The normalized spacial score (nSPS) is 24.4. The molecule has 0 spiro atoms. The van der Waals surface area contributed by atoms with Gasteiger partial charge in [-0.2, -0.15) is 0 Å². The van der Waals surface area contributed by atoms with E-state index in [1.807, 2.05) is 29.2 Å². The minimum absolute atomic E-state index is 0.0164. The summed E-state index contributed by atoms with van der Waals surface area (Å²) in [7, 11) is 0. The predicted molar refractivity (Wildman–Crippen MR) is 89.9 cm³/mol. The molecule has 0 radical (unpaired) electrons. The Morgan fingerprint density at radius 1 is 1.33 bits per heavy atom. The maximum absolute atomic E-state index is 12.4. The molecule has 128 valence electrons. The standard InChI is InChI=1S/C18H23N3O3/c22-18(19-10-13-7-9-23-12-13)21-8-3-4-14(11-21)17-20-15-5-1-2-6-16(15)24-17/h1-2,5-6,13-14H,3-4,7-12H2,(H,19,22)/t13-,14+/m1/s1. The molecule has 6 nitrogen and oxygen atoms in total. The predicted octanol–water partition coefficient (Wildman–Crippen LogP) is 2.75. The summed E-state index contributed by atoms with van der Waals surface area (Å²) in [5.74, 6) is 1.37. The number of nitrogens with zero attached hydrogens (tertiary/aromatic N) is 2. The van der Waals surface area contributed by atoms with Crippen molar-refractivity contribution < 1.29 is 13.9 Å². The number of carbonyl (C=O) groups is 1. The molecule has 0 unspecified atom stereocenters. The van der Waals surface area contributed by atoms with E-state index in [2.05, 4.69) is 10.3 Å². The molecular weight excluding hydrogens is 306 g/mol. The Morgan fingerprint density at radius 2 is 2.25 bits per heavy atom. The molecule has 1 aromatic carbocycles. The first-order valence-corrected chi connectivity index (χ1v) is 8.75. The van der Waals surface area contributed by atoms with E-state index in [1.54, 1.807) is 0 Å². The quantitative estimate of drug-likeness (QED) is 0.940. The zero-order valence-electron chi connectivity index (χ0n) is 13.7. The third kappa shape index (κ3) is 3.24. The number of piperidine rings is 1. The molecule has 0 bridgehead atoms. The van der Waals surface area contributed by atoms with Crippen molar-refractivity contribution in [3.8, 4) is 0 Å². The summed E-state index contributed by atoms with van der Waals surface area (Å²) in [6.07, 6.45) is 3.02. The molecule has 2 aromatic rings. The number of hydrogen-bond donors (Lipinski definition) is 1. The molecule has 2 saturated heterocycles. The smallest absolute Gasteiger partial charge is 0.317 e. The zero-order valence-corrected chi connectivity index (χ0v) is 13.7. The summed E-state index contributed by atoms with van der Waals surface area (Å²) >= 11 is 0. The van der Waals surface area contributed by atoms with Crippen LogP contribution in [0.4, 0.5) is 4.79 Å². The molecule has 2 atom stereocenters. The first kappa shape index (κ1) is 15.4. The minimum atomic E-state index is 0.0164. The van der Waals surface area contributed by atoms with Gasteiger partial charge in [0.25, 0.3) is 0 Å². The summed E-state index contributed by atoms with van der Waals surface area (Å²) in [5, 5.41) is 3.05. The number of oxazole rings is 1. The van der Waals surface area contributed by atoms with Gasteiger partial charge in [-0.1, -0.05) is 12.1 Å². The molecular formula is C18H23N3O3. The maximum Gasteiger partial charge on any atom is 0.317 e. The average molecular weight is 329 g/mol. The average Bonchev–Trinajstić information content (AvgIpc) is 3.29.